The third-order valence-electron chi connectivity index (χ3n) is 15.2. The Balaban J connectivity index is 0.835. The fourth-order valence-electron chi connectivity index (χ4n) is 10.4. The summed E-state index contributed by atoms with van der Waals surface area (Å²) >= 11 is 3.59. The number of carbonyl (C=O) groups is 8. The van der Waals surface area contributed by atoms with E-state index in [1.807, 2.05) is 0 Å². The lowest BCUT2D eigenvalue weighted by atomic mass is 10.0. The van der Waals surface area contributed by atoms with Gasteiger partial charge in [0.15, 0.2) is 17.4 Å². The van der Waals surface area contributed by atoms with Crippen molar-refractivity contribution in [2.75, 3.05) is 44.0 Å². The maximum atomic E-state index is 14.0. The minimum Gasteiger partial charge on any atom is -0.474 e. The molecule has 2 fully saturated rings. The number of anilines is 2. The van der Waals surface area contributed by atoms with E-state index in [1.165, 1.54) is 47.4 Å². The molecule has 8 rings (SSSR count). The molecule has 9 atom stereocenters. The first-order chi connectivity index (χ1) is 44.5. The van der Waals surface area contributed by atoms with Crippen LogP contribution in [0.2, 0.25) is 0 Å². The largest absolute Gasteiger partial charge is 0.474 e. The number of ether oxygens (including phenoxy) is 3. The molecule has 5 aromatic rings. The molecular weight excluding hydrogens is 1270 g/mol. The normalized spacial score (nSPS) is 19.4. The minimum absolute atomic E-state index is 0.00744. The topological polar surface area (TPSA) is 428 Å². The first kappa shape index (κ1) is 70.4. The number of primary amides is 1. The van der Waals surface area contributed by atoms with E-state index in [0.29, 0.717) is 48.4 Å². The van der Waals surface area contributed by atoms with Gasteiger partial charge in [-0.1, -0.05) is 62.8 Å². The van der Waals surface area contributed by atoms with Gasteiger partial charge in [-0.3, -0.25) is 62.4 Å². The van der Waals surface area contributed by atoms with E-state index in [1.54, 1.807) is 68.6 Å². The Bertz CT molecular complexity index is 3630. The third-order valence-corrected chi connectivity index (χ3v) is 16.9. The van der Waals surface area contributed by atoms with Crippen LogP contribution in [-0.2, 0) is 69.3 Å². The summed E-state index contributed by atoms with van der Waals surface area (Å²) in [6.07, 6.45) is 6.55. The van der Waals surface area contributed by atoms with Gasteiger partial charge in [0.05, 0.1) is 25.6 Å². The van der Waals surface area contributed by atoms with Crippen molar-refractivity contribution in [3.05, 3.63) is 113 Å². The molecule has 3 aliphatic rings. The van der Waals surface area contributed by atoms with Crippen molar-refractivity contribution in [3.8, 4) is 5.88 Å². The van der Waals surface area contributed by atoms with Crippen molar-refractivity contribution in [2.24, 2.45) is 17.6 Å². The van der Waals surface area contributed by atoms with Crippen molar-refractivity contribution in [3.63, 3.8) is 0 Å². The Kier molecular flexibility index (Phi) is 25.3. The quantitative estimate of drug-likeness (QED) is 0.0118. The number of hydrogen-bond acceptors (Lipinski definition) is 21. The van der Waals surface area contributed by atoms with Gasteiger partial charge in [0.25, 0.3) is 23.3 Å². The Labute approximate surface area is 538 Å². The van der Waals surface area contributed by atoms with Crippen LogP contribution in [0.1, 0.15) is 106 Å². The van der Waals surface area contributed by atoms with E-state index >= 15 is 0 Å². The second kappa shape index (κ2) is 33.4. The molecule has 3 aromatic heterocycles. The van der Waals surface area contributed by atoms with Crippen LogP contribution < -0.4 is 42.6 Å². The first-order valence-corrected chi connectivity index (χ1v) is 33.8. The number of H-pyrrole nitrogens is 1. The number of imide groups is 1. The molecule has 0 spiro atoms. The number of aromatic nitrogens is 6. The summed E-state index contributed by atoms with van der Waals surface area (Å²) in [5, 5.41) is 13.3. The fraction of sp³-hybridized carbons (Fsp3) is 0.466. The Morgan fingerprint density at radius 2 is 1.70 bits per heavy atom. The van der Waals surface area contributed by atoms with E-state index in [9.17, 15) is 57.2 Å². The zero-order valence-corrected chi connectivity index (χ0v) is 53.8. The van der Waals surface area contributed by atoms with Crippen LogP contribution in [0.3, 0.4) is 0 Å². The summed E-state index contributed by atoms with van der Waals surface area (Å²) in [6.45, 7) is -1.07. The number of thiol groups is 1. The lowest BCUT2D eigenvalue weighted by Crippen LogP contribution is -2.54. The molecule has 0 radical (unpaired) electrons. The average Bonchev–Trinajstić information content (AvgIpc) is 1.64. The number of nitrogens with one attached hydrogen (secondary N) is 6. The number of aromatic amines is 1. The molecule has 32 nitrogen and oxygen atoms in total. The number of carbonyl (C=O) groups excluding carboxylic acids is 8. The highest BCUT2D eigenvalue weighted by Crippen LogP contribution is 2.48. The lowest BCUT2D eigenvalue weighted by Gasteiger charge is -2.25. The summed E-state index contributed by atoms with van der Waals surface area (Å²) in [7, 11) is -1.75. The first-order valence-electron chi connectivity index (χ1n) is 29.9. The average molecular weight is 1350 g/mol. The Morgan fingerprint density at radius 1 is 0.935 bits per heavy atom. The van der Waals surface area contributed by atoms with Crippen LogP contribution in [0.5, 0.6) is 5.88 Å². The predicted molar refractivity (Wildman–Crippen MR) is 336 cm³/mol. The summed E-state index contributed by atoms with van der Waals surface area (Å²) in [4.78, 5) is 148. The van der Waals surface area contributed by atoms with E-state index in [2.05, 4.69) is 63.8 Å². The van der Waals surface area contributed by atoms with Crippen LogP contribution in [0.25, 0.3) is 11.2 Å². The summed E-state index contributed by atoms with van der Waals surface area (Å²) < 4.78 is 61.1. The Hall–Kier alpha value is -8.42. The number of nitrogens with two attached hydrogens (primary N) is 1. The molecule has 3 unspecified atom stereocenters. The number of unbranched alkanes of at least 4 members (excludes halogenated alkanes) is 2. The second-order valence-electron chi connectivity index (χ2n) is 22.6. The SMILES string of the molecule is CC(C)C(NC(=O)CCCCCN1C(=O)C=CC1=O)C(=O)N[C@@H](CCCNC(N)=O)C(=O)Nc1ccc(COC(=O)N(C)Cc2ccccc2C(=O)Nc2nc3c(ncn3[C@@H]3O[C@H](COP(=O)(O)S)C[C@H]3O[PH](=O)OC[C@@H]3CC[C@H](Oc4ccncn4)C3)c(=O)[nH]2)cc1. The van der Waals surface area contributed by atoms with E-state index in [0.717, 1.165) is 17.7 Å². The highest BCUT2D eigenvalue weighted by atomic mass is 32.7. The maximum absolute atomic E-state index is 14.0. The summed E-state index contributed by atoms with van der Waals surface area (Å²) in [5.41, 5.74) is 5.57. The highest BCUT2D eigenvalue weighted by molar-refractivity contribution is 8.44. The van der Waals surface area contributed by atoms with Gasteiger partial charge in [0.2, 0.25) is 29.5 Å². The van der Waals surface area contributed by atoms with Crippen LogP contribution in [0, 0.1) is 11.8 Å². The molecule has 35 heteroatoms. The third kappa shape index (κ3) is 21.0. The Morgan fingerprint density at radius 3 is 2.42 bits per heavy atom. The van der Waals surface area contributed by atoms with Gasteiger partial charge < -0.3 is 60.1 Å². The zero-order chi connectivity index (χ0) is 66.8. The highest BCUT2D eigenvalue weighted by Gasteiger charge is 2.41. The molecule has 2 aliphatic heterocycles. The number of hydrogen-bond donors (Lipinski definition) is 9. The van der Waals surface area contributed by atoms with Gasteiger partial charge in [-0.05, 0) is 86.1 Å². The molecule has 1 saturated carbocycles. The lowest BCUT2D eigenvalue weighted by molar-refractivity contribution is -0.137. The zero-order valence-electron chi connectivity index (χ0n) is 51.0. The van der Waals surface area contributed by atoms with Crippen molar-refractivity contribution < 1.29 is 80.2 Å². The molecular formula is C58H74N14O18P2S. The molecule has 1 aliphatic carbocycles. The second-order valence-corrected chi connectivity index (χ2v) is 26.3. The minimum atomic E-state index is -4.25. The number of rotatable bonds is 33. The van der Waals surface area contributed by atoms with E-state index in [4.69, 9.17) is 33.5 Å². The molecule has 9 amide bonds. The van der Waals surface area contributed by atoms with Crippen LogP contribution >= 0.6 is 27.3 Å². The molecule has 5 heterocycles. The fourth-order valence-corrected chi connectivity index (χ4v) is 11.9. The number of amides is 9. The van der Waals surface area contributed by atoms with E-state index in [-0.39, 0.29) is 111 Å². The van der Waals surface area contributed by atoms with Crippen molar-refractivity contribution >= 4 is 97.7 Å². The number of benzene rings is 2. The molecule has 2 aromatic carbocycles. The number of nitrogens with zero attached hydrogens (tertiary/aromatic N) is 7. The monoisotopic (exact) mass is 1350 g/mol. The molecule has 0 bridgehead atoms. The van der Waals surface area contributed by atoms with Gasteiger partial charge in [0, 0.05) is 75.2 Å². The standard InChI is InChI=1S/C58H74N14O18P2S/c1-34(2)48(66-44(73)13-5-4-8-25-71-46(74)20-21-47(71)75)53(78)65-42(12-9-23-61-56(59)80)52(77)64-38-17-14-35(15-18-38)29-85-58(81)70(3)28-37-10-6-7-11-41(37)51(76)68-57-67-50-49(54(79)69-57)63-33-72(50)55-43(27-40(89-55)31-87-92(83,84)93)90-91(82)86-30-36-16-19-39(26-36)88-45-22-24-60-32-62-45/h6-7,10-11,14-15,17-18,20-22,24,32-34,36,39-40,42-43,48,55,91H,4-5,8-9,12-13,16,19,23,25-31H2,1-3H3,(H,64,77)(H,65,78)(H,66,73)(H3,59,61,80)(H2,83,84,93)(H2,67,68,69,76,79)/t36-,39+,40+,42+,43-,48?,55-/m1/s1. The predicted octanol–water partition coefficient (Wildman–Crippen LogP) is 4.80. The number of urea groups is 1. The number of fused-ring (bicyclic) bond motifs is 1. The van der Waals surface area contributed by atoms with Crippen LogP contribution in [-0.4, -0.2) is 155 Å². The summed E-state index contributed by atoms with van der Waals surface area (Å²) in [6, 6.07) is 11.5. The van der Waals surface area contributed by atoms with Gasteiger partial charge >= 0.3 is 27.2 Å². The van der Waals surface area contributed by atoms with Crippen molar-refractivity contribution in [1.82, 2.24) is 55.2 Å². The van der Waals surface area contributed by atoms with Crippen LogP contribution in [0.15, 0.2) is 90.4 Å². The smallest absolute Gasteiger partial charge is 0.410 e. The summed E-state index contributed by atoms with van der Waals surface area (Å²) in [5.74, 6) is -3.32. The number of imidazole rings is 1. The van der Waals surface area contributed by atoms with E-state index < -0.39 is 93.5 Å². The molecule has 9 N–H and O–H groups in total. The molecule has 1 saturated heterocycles. The van der Waals surface area contributed by atoms with Crippen LogP contribution in [0.4, 0.5) is 21.2 Å². The molecule has 500 valence electrons. The van der Waals surface area contributed by atoms with Gasteiger partial charge in [-0.15, -0.1) is 0 Å². The maximum Gasteiger partial charge on any atom is 0.410 e. The van der Waals surface area contributed by atoms with Gasteiger partial charge in [-0.25, -0.2) is 29.1 Å². The van der Waals surface area contributed by atoms with Gasteiger partial charge in [0.1, 0.15) is 37.2 Å². The van der Waals surface area contributed by atoms with Crippen molar-refractivity contribution in [2.45, 2.75) is 128 Å². The molecule has 93 heavy (non-hydrogen) atoms. The van der Waals surface area contributed by atoms with Crippen molar-refractivity contribution in [1.29, 1.82) is 0 Å². The van der Waals surface area contributed by atoms with Gasteiger partial charge in [-0.2, -0.15) is 4.98 Å².